The molecular formula is C17H12F6N4O. The molecule has 0 spiro atoms. The number of ether oxygens (including phenoxy) is 1. The third kappa shape index (κ3) is 4.35. The van der Waals surface area contributed by atoms with Crippen LogP contribution in [0.15, 0.2) is 42.7 Å². The summed E-state index contributed by atoms with van der Waals surface area (Å²) in [7, 11) is 0. The van der Waals surface area contributed by atoms with E-state index in [2.05, 4.69) is 14.8 Å². The first-order valence-electron chi connectivity index (χ1n) is 7.68. The Labute approximate surface area is 154 Å². The van der Waals surface area contributed by atoms with Crippen molar-refractivity contribution in [2.24, 2.45) is 0 Å². The summed E-state index contributed by atoms with van der Waals surface area (Å²) >= 11 is 0. The Kier molecular flexibility index (Phi) is 4.69. The second-order valence-corrected chi connectivity index (χ2v) is 5.88. The Bertz CT molecular complexity index is 1010. The van der Waals surface area contributed by atoms with Gasteiger partial charge in [0.15, 0.2) is 0 Å². The molecule has 2 N–H and O–H groups in total. The lowest BCUT2D eigenvalue weighted by Gasteiger charge is -2.15. The number of halogens is 6. The molecule has 2 heterocycles. The Morgan fingerprint density at radius 1 is 1.00 bits per heavy atom. The van der Waals surface area contributed by atoms with Crippen LogP contribution in [0.3, 0.4) is 0 Å². The third-order valence-corrected chi connectivity index (χ3v) is 3.49. The molecule has 0 radical (unpaired) electrons. The summed E-state index contributed by atoms with van der Waals surface area (Å²) in [5.74, 6) is -1.46. The number of nitrogen functional groups attached to an aromatic ring is 1. The highest BCUT2D eigenvalue weighted by atomic mass is 19.4. The minimum absolute atomic E-state index is 0.0147. The topological polar surface area (TPSA) is 66.0 Å². The van der Waals surface area contributed by atoms with Crippen molar-refractivity contribution in [3.05, 3.63) is 54.1 Å². The van der Waals surface area contributed by atoms with Crippen molar-refractivity contribution in [1.82, 2.24) is 14.8 Å². The van der Waals surface area contributed by atoms with Gasteiger partial charge in [0.1, 0.15) is 17.4 Å². The van der Waals surface area contributed by atoms with Crippen molar-refractivity contribution < 1.29 is 31.1 Å². The van der Waals surface area contributed by atoms with Gasteiger partial charge in [-0.3, -0.25) is 4.98 Å². The van der Waals surface area contributed by atoms with Crippen molar-refractivity contribution >= 4 is 5.82 Å². The fourth-order valence-electron chi connectivity index (χ4n) is 2.48. The molecular weight excluding hydrogens is 390 g/mol. The maximum Gasteiger partial charge on any atom is 0.417 e. The zero-order valence-electron chi connectivity index (χ0n) is 14.1. The first-order valence-corrected chi connectivity index (χ1v) is 7.68. The number of alkyl halides is 5. The molecule has 5 nitrogen and oxygen atoms in total. The van der Waals surface area contributed by atoms with Gasteiger partial charge in [-0.2, -0.15) is 27.1 Å². The van der Waals surface area contributed by atoms with E-state index in [0.29, 0.717) is 13.1 Å². The van der Waals surface area contributed by atoms with E-state index in [0.717, 1.165) is 35.1 Å². The highest BCUT2D eigenvalue weighted by molar-refractivity contribution is 5.67. The van der Waals surface area contributed by atoms with Crippen LogP contribution in [0.25, 0.3) is 16.9 Å². The zero-order chi connectivity index (χ0) is 20.7. The maximum absolute atomic E-state index is 13.9. The van der Waals surface area contributed by atoms with Crippen molar-refractivity contribution in [3.63, 3.8) is 0 Å². The van der Waals surface area contributed by atoms with Crippen LogP contribution in [0.2, 0.25) is 0 Å². The van der Waals surface area contributed by atoms with Crippen LogP contribution in [-0.4, -0.2) is 20.9 Å². The van der Waals surface area contributed by atoms with Gasteiger partial charge in [-0.15, -0.1) is 0 Å². The summed E-state index contributed by atoms with van der Waals surface area (Å²) in [4.78, 5) is 3.54. The van der Waals surface area contributed by atoms with E-state index in [1.54, 1.807) is 0 Å². The standard InChI is InChI=1S/C17H12F6N4O/c1-16(19,20)28-13-3-9(2-11(18)5-13)14-6-15(24)26-27(14)12-4-10(7-25-8-12)17(21,22)23/h2-8H,1H3,(H2,24,26). The quantitative estimate of drug-likeness (QED) is 0.645. The molecule has 0 fully saturated rings. The van der Waals surface area contributed by atoms with Gasteiger partial charge in [0.2, 0.25) is 0 Å². The lowest BCUT2D eigenvalue weighted by molar-refractivity contribution is -0.159. The van der Waals surface area contributed by atoms with E-state index in [1.165, 1.54) is 6.07 Å². The number of nitrogens with two attached hydrogens (primary N) is 1. The first-order chi connectivity index (χ1) is 12.9. The summed E-state index contributed by atoms with van der Waals surface area (Å²) in [6.07, 6.45) is -6.47. The largest absolute Gasteiger partial charge is 0.433 e. The highest BCUT2D eigenvalue weighted by Crippen LogP contribution is 2.33. The smallest absolute Gasteiger partial charge is 0.417 e. The lowest BCUT2D eigenvalue weighted by Crippen LogP contribution is -2.19. The summed E-state index contributed by atoms with van der Waals surface area (Å²) in [6, 6.07) is 4.85. The van der Waals surface area contributed by atoms with Crippen LogP contribution in [0.4, 0.5) is 32.2 Å². The Morgan fingerprint density at radius 3 is 2.36 bits per heavy atom. The molecule has 3 aromatic rings. The summed E-state index contributed by atoms with van der Waals surface area (Å²) in [6.45, 7) is 0.480. The second-order valence-electron chi connectivity index (χ2n) is 5.88. The molecule has 2 aromatic heterocycles. The number of hydrogen-bond acceptors (Lipinski definition) is 4. The molecule has 11 heteroatoms. The van der Waals surface area contributed by atoms with Gasteiger partial charge in [-0.05, 0) is 18.2 Å². The third-order valence-electron chi connectivity index (χ3n) is 3.49. The molecule has 3 rings (SSSR count). The summed E-state index contributed by atoms with van der Waals surface area (Å²) in [5.41, 5.74) is 4.58. The predicted molar refractivity (Wildman–Crippen MR) is 87.4 cm³/mol. The van der Waals surface area contributed by atoms with Crippen molar-refractivity contribution in [3.8, 4) is 22.7 Å². The zero-order valence-corrected chi connectivity index (χ0v) is 14.1. The molecule has 0 saturated carbocycles. The molecule has 0 aliphatic rings. The van der Waals surface area contributed by atoms with E-state index >= 15 is 0 Å². The van der Waals surface area contributed by atoms with Crippen LogP contribution < -0.4 is 10.5 Å². The normalized spacial score (nSPS) is 12.2. The molecule has 0 aliphatic carbocycles. The first kappa shape index (κ1) is 19.5. The lowest BCUT2D eigenvalue weighted by atomic mass is 10.1. The minimum atomic E-state index is -4.64. The van der Waals surface area contributed by atoms with Crippen LogP contribution in [-0.2, 0) is 6.18 Å². The second kappa shape index (κ2) is 6.73. The molecule has 1 aromatic carbocycles. The summed E-state index contributed by atoms with van der Waals surface area (Å²) < 4.78 is 84.3. The SMILES string of the molecule is CC(F)(F)Oc1cc(F)cc(-c2cc(N)nn2-c2cncc(C(F)(F)F)c2)c1. The van der Waals surface area contributed by atoms with Crippen LogP contribution in [0.5, 0.6) is 5.75 Å². The summed E-state index contributed by atoms with van der Waals surface area (Å²) in [5, 5.41) is 3.89. The number of anilines is 1. The van der Waals surface area contributed by atoms with Gasteiger partial charge in [-0.1, -0.05) is 0 Å². The monoisotopic (exact) mass is 402 g/mol. The molecule has 0 saturated heterocycles. The molecule has 148 valence electrons. The van der Waals surface area contributed by atoms with Gasteiger partial charge in [-0.25, -0.2) is 9.07 Å². The van der Waals surface area contributed by atoms with E-state index in [4.69, 9.17) is 5.73 Å². The maximum atomic E-state index is 13.9. The van der Waals surface area contributed by atoms with Gasteiger partial charge >= 0.3 is 12.3 Å². The minimum Gasteiger partial charge on any atom is -0.433 e. The van der Waals surface area contributed by atoms with Crippen molar-refractivity contribution in [2.75, 3.05) is 5.73 Å². The van der Waals surface area contributed by atoms with Crippen molar-refractivity contribution in [2.45, 2.75) is 19.2 Å². The number of pyridine rings is 1. The van der Waals surface area contributed by atoms with Gasteiger partial charge in [0, 0.05) is 30.8 Å². The Hall–Kier alpha value is -3.24. The average molecular weight is 402 g/mol. The van der Waals surface area contributed by atoms with E-state index in [1.807, 2.05) is 0 Å². The molecule has 0 aliphatic heterocycles. The predicted octanol–water partition coefficient (Wildman–Crippen LogP) is 4.67. The molecule has 0 bridgehead atoms. The average Bonchev–Trinajstić information content (AvgIpc) is 2.94. The number of aromatic nitrogens is 3. The Morgan fingerprint density at radius 2 is 1.71 bits per heavy atom. The Balaban J connectivity index is 2.12. The van der Waals surface area contributed by atoms with Gasteiger partial charge in [0.05, 0.1) is 23.1 Å². The molecule has 0 atom stereocenters. The van der Waals surface area contributed by atoms with Crippen LogP contribution in [0, 0.1) is 5.82 Å². The molecule has 0 unspecified atom stereocenters. The van der Waals surface area contributed by atoms with E-state index in [9.17, 15) is 26.3 Å². The highest BCUT2D eigenvalue weighted by Gasteiger charge is 2.31. The van der Waals surface area contributed by atoms with Crippen molar-refractivity contribution in [1.29, 1.82) is 0 Å². The number of rotatable bonds is 4. The fraction of sp³-hybridized carbons (Fsp3) is 0.176. The molecule has 0 amide bonds. The van der Waals surface area contributed by atoms with Crippen LogP contribution in [0.1, 0.15) is 12.5 Å². The fourth-order valence-corrected chi connectivity index (χ4v) is 2.48. The van der Waals surface area contributed by atoms with E-state index < -0.39 is 29.4 Å². The van der Waals surface area contributed by atoms with Gasteiger partial charge < -0.3 is 10.5 Å². The van der Waals surface area contributed by atoms with E-state index in [-0.39, 0.29) is 22.8 Å². The number of nitrogens with zero attached hydrogens (tertiary/aromatic N) is 3. The number of hydrogen-bond donors (Lipinski definition) is 1. The van der Waals surface area contributed by atoms with Gasteiger partial charge in [0.25, 0.3) is 0 Å². The number of benzene rings is 1. The van der Waals surface area contributed by atoms with Crippen LogP contribution >= 0.6 is 0 Å². The molecule has 28 heavy (non-hydrogen) atoms.